The summed E-state index contributed by atoms with van der Waals surface area (Å²) in [4.78, 5) is 11.9. The predicted molar refractivity (Wildman–Crippen MR) is 82.6 cm³/mol. The standard InChI is InChI=1S/C16H15BrFNO2/c1-11(14-7-2-3-8-15(14)17)19-16(20)10-21-13-6-4-5-12(18)9-13/h2-9,11H,10H2,1H3,(H,19,20)/t11-/m1/s1. The lowest BCUT2D eigenvalue weighted by Crippen LogP contribution is -2.31. The Bertz CT molecular complexity index is 633. The van der Waals surface area contributed by atoms with Gasteiger partial charge in [-0.25, -0.2) is 4.39 Å². The van der Waals surface area contributed by atoms with Crippen LogP contribution in [0.1, 0.15) is 18.5 Å². The van der Waals surface area contributed by atoms with Crippen molar-refractivity contribution in [2.24, 2.45) is 0 Å². The first kappa shape index (κ1) is 15.5. The highest BCUT2D eigenvalue weighted by Crippen LogP contribution is 2.22. The van der Waals surface area contributed by atoms with Crippen LogP contribution in [-0.4, -0.2) is 12.5 Å². The molecule has 110 valence electrons. The molecule has 5 heteroatoms. The van der Waals surface area contributed by atoms with Gasteiger partial charge in [0.05, 0.1) is 6.04 Å². The molecule has 0 fully saturated rings. The Labute approximate surface area is 131 Å². The zero-order chi connectivity index (χ0) is 15.2. The van der Waals surface area contributed by atoms with E-state index in [0.717, 1.165) is 10.0 Å². The number of hydrogen-bond acceptors (Lipinski definition) is 2. The van der Waals surface area contributed by atoms with E-state index in [-0.39, 0.29) is 18.6 Å². The minimum Gasteiger partial charge on any atom is -0.484 e. The molecule has 2 aromatic rings. The molecule has 0 spiro atoms. The molecular formula is C16H15BrFNO2. The van der Waals surface area contributed by atoms with Gasteiger partial charge in [-0.2, -0.15) is 0 Å². The van der Waals surface area contributed by atoms with Crippen LogP contribution in [0.25, 0.3) is 0 Å². The van der Waals surface area contributed by atoms with E-state index in [1.165, 1.54) is 18.2 Å². The maximum Gasteiger partial charge on any atom is 0.258 e. The molecule has 2 rings (SSSR count). The number of carbonyl (C=O) groups is 1. The van der Waals surface area contributed by atoms with Crippen LogP contribution < -0.4 is 10.1 Å². The second-order valence-corrected chi connectivity index (χ2v) is 5.41. The summed E-state index contributed by atoms with van der Waals surface area (Å²) < 4.78 is 19.2. The van der Waals surface area contributed by atoms with Gasteiger partial charge in [0.2, 0.25) is 0 Å². The molecule has 0 saturated carbocycles. The molecule has 21 heavy (non-hydrogen) atoms. The number of rotatable bonds is 5. The maximum atomic E-state index is 13.0. The summed E-state index contributed by atoms with van der Waals surface area (Å²) in [6.07, 6.45) is 0. The highest BCUT2D eigenvalue weighted by molar-refractivity contribution is 9.10. The molecule has 0 aromatic heterocycles. The highest BCUT2D eigenvalue weighted by atomic mass is 79.9. The van der Waals surface area contributed by atoms with Gasteiger partial charge in [0.25, 0.3) is 5.91 Å². The van der Waals surface area contributed by atoms with E-state index in [2.05, 4.69) is 21.2 Å². The summed E-state index contributed by atoms with van der Waals surface area (Å²) in [7, 11) is 0. The van der Waals surface area contributed by atoms with Crippen LogP contribution in [0.4, 0.5) is 4.39 Å². The summed E-state index contributed by atoms with van der Waals surface area (Å²) in [5.41, 5.74) is 0.983. The lowest BCUT2D eigenvalue weighted by molar-refractivity contribution is -0.123. The molecule has 0 bridgehead atoms. The third kappa shape index (κ3) is 4.56. The topological polar surface area (TPSA) is 38.3 Å². The summed E-state index contributed by atoms with van der Waals surface area (Å²) in [5, 5.41) is 2.83. The largest absolute Gasteiger partial charge is 0.484 e. The van der Waals surface area contributed by atoms with Crippen LogP contribution >= 0.6 is 15.9 Å². The van der Waals surface area contributed by atoms with Crippen LogP contribution in [0.2, 0.25) is 0 Å². The zero-order valence-electron chi connectivity index (χ0n) is 11.5. The van der Waals surface area contributed by atoms with Gasteiger partial charge in [-0.1, -0.05) is 40.2 Å². The summed E-state index contributed by atoms with van der Waals surface area (Å²) >= 11 is 3.45. The van der Waals surface area contributed by atoms with Crippen LogP contribution in [-0.2, 0) is 4.79 Å². The first-order valence-corrected chi connectivity index (χ1v) is 7.27. The summed E-state index contributed by atoms with van der Waals surface area (Å²) in [6.45, 7) is 1.73. The van der Waals surface area contributed by atoms with Gasteiger partial charge >= 0.3 is 0 Å². The van der Waals surface area contributed by atoms with Crippen molar-refractivity contribution in [2.45, 2.75) is 13.0 Å². The van der Waals surface area contributed by atoms with Gasteiger partial charge < -0.3 is 10.1 Å². The fourth-order valence-electron chi connectivity index (χ4n) is 1.89. The molecular weight excluding hydrogens is 337 g/mol. The van der Waals surface area contributed by atoms with E-state index < -0.39 is 5.82 Å². The van der Waals surface area contributed by atoms with Crippen molar-refractivity contribution in [3.63, 3.8) is 0 Å². The summed E-state index contributed by atoms with van der Waals surface area (Å²) in [5.74, 6) is -0.323. The third-order valence-electron chi connectivity index (χ3n) is 2.92. The Kier molecular flexibility index (Phi) is 5.33. The molecule has 0 unspecified atom stereocenters. The number of hydrogen-bond donors (Lipinski definition) is 1. The molecule has 0 saturated heterocycles. The van der Waals surface area contributed by atoms with Crippen LogP contribution in [0.15, 0.2) is 53.0 Å². The minimum absolute atomic E-state index is 0.149. The molecule has 0 aliphatic heterocycles. The second-order valence-electron chi connectivity index (χ2n) is 4.56. The SMILES string of the molecule is C[C@@H](NC(=O)COc1cccc(F)c1)c1ccccc1Br. The first-order chi connectivity index (χ1) is 10.1. The molecule has 0 radical (unpaired) electrons. The van der Waals surface area contributed by atoms with E-state index in [4.69, 9.17) is 4.74 Å². The van der Waals surface area contributed by atoms with Crippen molar-refractivity contribution in [3.05, 3.63) is 64.4 Å². The average molecular weight is 352 g/mol. The number of ether oxygens (including phenoxy) is 1. The minimum atomic E-state index is -0.394. The molecule has 1 atom stereocenters. The quantitative estimate of drug-likeness (QED) is 0.888. The molecule has 1 N–H and O–H groups in total. The average Bonchev–Trinajstić information content (AvgIpc) is 2.45. The van der Waals surface area contributed by atoms with Gasteiger partial charge in [-0.05, 0) is 30.7 Å². The number of halogens is 2. The third-order valence-corrected chi connectivity index (χ3v) is 3.64. The van der Waals surface area contributed by atoms with E-state index in [0.29, 0.717) is 5.75 Å². The predicted octanol–water partition coefficient (Wildman–Crippen LogP) is 3.84. The van der Waals surface area contributed by atoms with Gasteiger partial charge in [0.1, 0.15) is 11.6 Å². The smallest absolute Gasteiger partial charge is 0.258 e. The van der Waals surface area contributed by atoms with Crippen molar-refractivity contribution < 1.29 is 13.9 Å². The van der Waals surface area contributed by atoms with Gasteiger partial charge in [-0.3, -0.25) is 4.79 Å². The van der Waals surface area contributed by atoms with Crippen LogP contribution in [0.3, 0.4) is 0 Å². The van der Waals surface area contributed by atoms with E-state index in [9.17, 15) is 9.18 Å². The number of carbonyl (C=O) groups excluding carboxylic acids is 1. The highest BCUT2D eigenvalue weighted by Gasteiger charge is 2.12. The van der Waals surface area contributed by atoms with Crippen LogP contribution in [0.5, 0.6) is 5.75 Å². The Hall–Kier alpha value is -1.88. The molecule has 0 aliphatic carbocycles. The van der Waals surface area contributed by atoms with E-state index in [1.54, 1.807) is 6.07 Å². The zero-order valence-corrected chi connectivity index (χ0v) is 13.1. The van der Waals surface area contributed by atoms with Crippen molar-refractivity contribution in [1.82, 2.24) is 5.32 Å². The first-order valence-electron chi connectivity index (χ1n) is 6.48. The Balaban J connectivity index is 1.89. The molecule has 2 aromatic carbocycles. The normalized spacial score (nSPS) is 11.8. The molecule has 1 amide bonds. The van der Waals surface area contributed by atoms with E-state index >= 15 is 0 Å². The summed E-state index contributed by atoms with van der Waals surface area (Å²) in [6, 6.07) is 13.2. The lowest BCUT2D eigenvalue weighted by atomic mass is 10.1. The number of amides is 1. The fraction of sp³-hybridized carbons (Fsp3) is 0.188. The molecule has 0 heterocycles. The van der Waals surface area contributed by atoms with Crippen molar-refractivity contribution >= 4 is 21.8 Å². The lowest BCUT2D eigenvalue weighted by Gasteiger charge is -2.16. The van der Waals surface area contributed by atoms with Gasteiger partial charge in [0.15, 0.2) is 6.61 Å². The van der Waals surface area contributed by atoms with Crippen LogP contribution in [0, 0.1) is 5.82 Å². The van der Waals surface area contributed by atoms with Gasteiger partial charge in [-0.15, -0.1) is 0 Å². The Morgan fingerprint density at radius 2 is 2.05 bits per heavy atom. The van der Waals surface area contributed by atoms with Crippen molar-refractivity contribution in [3.8, 4) is 5.75 Å². The molecule has 3 nitrogen and oxygen atoms in total. The maximum absolute atomic E-state index is 13.0. The van der Waals surface area contributed by atoms with E-state index in [1.807, 2.05) is 31.2 Å². The number of benzene rings is 2. The fourth-order valence-corrected chi connectivity index (χ4v) is 2.52. The molecule has 0 aliphatic rings. The van der Waals surface area contributed by atoms with Crippen molar-refractivity contribution in [1.29, 1.82) is 0 Å². The second kappa shape index (κ2) is 7.22. The Morgan fingerprint density at radius 1 is 1.29 bits per heavy atom. The monoisotopic (exact) mass is 351 g/mol. The van der Waals surface area contributed by atoms with Crippen molar-refractivity contribution in [2.75, 3.05) is 6.61 Å². The van der Waals surface area contributed by atoms with Gasteiger partial charge in [0, 0.05) is 10.5 Å². The Morgan fingerprint density at radius 3 is 2.76 bits per heavy atom. The number of nitrogens with one attached hydrogen (secondary N) is 1.